The Morgan fingerprint density at radius 3 is 2.59 bits per heavy atom. The van der Waals surface area contributed by atoms with Crippen molar-refractivity contribution in [2.75, 3.05) is 13.7 Å². The molecule has 0 spiro atoms. The Labute approximate surface area is 101 Å². The molecule has 0 aliphatic heterocycles. The summed E-state index contributed by atoms with van der Waals surface area (Å²) in [5.41, 5.74) is 0.925. The molecule has 3 nitrogen and oxygen atoms in total. The topological polar surface area (TPSA) is 35.5 Å². The van der Waals surface area contributed by atoms with E-state index in [-0.39, 0.29) is 5.97 Å². The lowest BCUT2D eigenvalue weighted by Gasteiger charge is -1.99. The maximum Gasteiger partial charge on any atom is 0.331 e. The minimum atomic E-state index is -0.348. The summed E-state index contributed by atoms with van der Waals surface area (Å²) in [6.07, 6.45) is 6.72. The van der Waals surface area contributed by atoms with E-state index in [1.807, 2.05) is 37.3 Å². The highest BCUT2D eigenvalue weighted by atomic mass is 16.5. The fourth-order valence-electron chi connectivity index (χ4n) is 1.15. The van der Waals surface area contributed by atoms with Gasteiger partial charge in [0.25, 0.3) is 0 Å². The Morgan fingerprint density at radius 2 is 2.00 bits per heavy atom. The summed E-state index contributed by atoms with van der Waals surface area (Å²) < 4.78 is 9.95. The van der Waals surface area contributed by atoms with Crippen molar-refractivity contribution in [2.24, 2.45) is 0 Å². The lowest BCUT2D eigenvalue weighted by molar-refractivity contribution is -0.136. The Morgan fingerprint density at radius 1 is 1.29 bits per heavy atom. The van der Waals surface area contributed by atoms with Crippen molar-refractivity contribution in [3.8, 4) is 5.75 Å². The van der Waals surface area contributed by atoms with Crippen LogP contribution >= 0.6 is 0 Å². The van der Waals surface area contributed by atoms with Gasteiger partial charge in [0.1, 0.15) is 12.4 Å². The predicted molar refractivity (Wildman–Crippen MR) is 67.8 cm³/mol. The second-order valence-electron chi connectivity index (χ2n) is 3.31. The molecular formula is C14H16O3. The van der Waals surface area contributed by atoms with Gasteiger partial charge in [-0.1, -0.05) is 24.3 Å². The first-order valence-corrected chi connectivity index (χ1v) is 5.36. The highest BCUT2D eigenvalue weighted by molar-refractivity contribution is 5.87. The maximum atomic E-state index is 11.2. The number of hydrogen-bond donors (Lipinski definition) is 0. The number of ether oxygens (including phenoxy) is 2. The van der Waals surface area contributed by atoms with Crippen LogP contribution in [-0.2, 0) is 9.53 Å². The molecule has 3 heteroatoms. The van der Waals surface area contributed by atoms with Gasteiger partial charge in [0.2, 0.25) is 0 Å². The molecule has 0 aromatic heterocycles. The fraction of sp³-hybridized carbons (Fsp3) is 0.214. The summed E-state index contributed by atoms with van der Waals surface area (Å²) in [4.78, 5) is 11.2. The lowest BCUT2D eigenvalue weighted by Crippen LogP contribution is -1.99. The molecule has 0 unspecified atom stereocenters. The van der Waals surface area contributed by atoms with Crippen molar-refractivity contribution in [3.63, 3.8) is 0 Å². The predicted octanol–water partition coefficient (Wildman–Crippen LogP) is 2.83. The largest absolute Gasteiger partial charge is 0.497 e. The molecule has 0 heterocycles. The summed E-state index contributed by atoms with van der Waals surface area (Å²) in [5.74, 6) is 0.441. The van der Waals surface area contributed by atoms with Crippen LogP contribution in [0.3, 0.4) is 0 Å². The van der Waals surface area contributed by atoms with Crippen LogP contribution in [0, 0.1) is 0 Å². The molecule has 90 valence electrons. The van der Waals surface area contributed by atoms with Crippen molar-refractivity contribution in [2.45, 2.75) is 6.92 Å². The number of rotatable bonds is 5. The second-order valence-corrected chi connectivity index (χ2v) is 3.31. The third-order valence-corrected chi connectivity index (χ3v) is 2.09. The van der Waals surface area contributed by atoms with Gasteiger partial charge in [0, 0.05) is 6.08 Å². The zero-order valence-corrected chi connectivity index (χ0v) is 10.1. The van der Waals surface area contributed by atoms with Crippen LogP contribution in [0.15, 0.2) is 42.5 Å². The zero-order chi connectivity index (χ0) is 12.5. The maximum absolute atomic E-state index is 11.2. The third kappa shape index (κ3) is 5.02. The molecule has 1 rings (SSSR count). The first kappa shape index (κ1) is 13.0. The van der Waals surface area contributed by atoms with E-state index in [4.69, 9.17) is 9.47 Å². The van der Waals surface area contributed by atoms with E-state index in [0.29, 0.717) is 6.61 Å². The normalized spacial score (nSPS) is 10.9. The zero-order valence-electron chi connectivity index (χ0n) is 10.1. The average Bonchev–Trinajstić information content (AvgIpc) is 2.37. The highest BCUT2D eigenvalue weighted by Crippen LogP contribution is 2.12. The molecule has 0 saturated heterocycles. The van der Waals surface area contributed by atoms with Gasteiger partial charge in [0.05, 0.1) is 7.11 Å². The van der Waals surface area contributed by atoms with E-state index in [2.05, 4.69) is 0 Å². The molecule has 0 N–H and O–H groups in total. The number of benzene rings is 1. The summed E-state index contributed by atoms with van der Waals surface area (Å²) >= 11 is 0. The molecule has 1 aromatic rings. The Balaban J connectivity index is 2.48. The molecule has 0 radical (unpaired) electrons. The second kappa shape index (κ2) is 7.28. The van der Waals surface area contributed by atoms with E-state index in [1.165, 1.54) is 6.08 Å². The fourth-order valence-corrected chi connectivity index (χ4v) is 1.15. The standard InChI is InChI=1S/C14H16O3/c1-3-4-11-17-14(15)10-7-12-5-8-13(16-2)9-6-12/h3-10H,11H2,1-2H3/b4-3+,10-7+. The SMILES string of the molecule is C/C=C/COC(=O)/C=C/c1ccc(OC)cc1. The minimum Gasteiger partial charge on any atom is -0.497 e. The molecule has 0 saturated carbocycles. The first-order chi connectivity index (χ1) is 8.26. The van der Waals surface area contributed by atoms with Crippen molar-refractivity contribution in [1.82, 2.24) is 0 Å². The van der Waals surface area contributed by atoms with Crippen LogP contribution in [0.2, 0.25) is 0 Å². The van der Waals surface area contributed by atoms with Crippen LogP contribution in [0.4, 0.5) is 0 Å². The Kier molecular flexibility index (Phi) is 5.58. The summed E-state index contributed by atoms with van der Waals surface area (Å²) in [7, 11) is 1.61. The number of carbonyl (C=O) groups is 1. The van der Waals surface area contributed by atoms with Gasteiger partial charge in [0.15, 0.2) is 0 Å². The van der Waals surface area contributed by atoms with Crippen LogP contribution in [0.1, 0.15) is 12.5 Å². The van der Waals surface area contributed by atoms with Crippen molar-refractivity contribution in [3.05, 3.63) is 48.1 Å². The van der Waals surface area contributed by atoms with Crippen LogP contribution in [0.25, 0.3) is 6.08 Å². The van der Waals surface area contributed by atoms with E-state index in [1.54, 1.807) is 19.3 Å². The molecule has 0 fully saturated rings. The molecular weight excluding hydrogens is 216 g/mol. The molecule has 1 aromatic carbocycles. The van der Waals surface area contributed by atoms with E-state index >= 15 is 0 Å². The van der Waals surface area contributed by atoms with E-state index in [9.17, 15) is 4.79 Å². The highest BCUT2D eigenvalue weighted by Gasteiger charge is 1.95. The smallest absolute Gasteiger partial charge is 0.331 e. The number of hydrogen-bond acceptors (Lipinski definition) is 3. The average molecular weight is 232 g/mol. The van der Waals surface area contributed by atoms with Crippen molar-refractivity contribution < 1.29 is 14.3 Å². The minimum absolute atomic E-state index is 0.308. The summed E-state index contributed by atoms with van der Waals surface area (Å²) in [6, 6.07) is 7.42. The summed E-state index contributed by atoms with van der Waals surface area (Å²) in [5, 5.41) is 0. The van der Waals surface area contributed by atoms with Crippen LogP contribution in [-0.4, -0.2) is 19.7 Å². The van der Waals surface area contributed by atoms with E-state index < -0.39 is 0 Å². The first-order valence-electron chi connectivity index (χ1n) is 5.36. The monoisotopic (exact) mass is 232 g/mol. The number of carbonyl (C=O) groups excluding carboxylic acids is 1. The van der Waals surface area contributed by atoms with Crippen molar-refractivity contribution >= 4 is 12.0 Å². The lowest BCUT2D eigenvalue weighted by atomic mass is 10.2. The number of methoxy groups -OCH3 is 1. The van der Waals surface area contributed by atoms with E-state index in [0.717, 1.165) is 11.3 Å². The molecule has 0 amide bonds. The van der Waals surface area contributed by atoms with Crippen molar-refractivity contribution in [1.29, 1.82) is 0 Å². The van der Waals surface area contributed by atoms with Gasteiger partial charge < -0.3 is 9.47 Å². The Hall–Kier alpha value is -2.03. The molecule has 0 aliphatic carbocycles. The summed E-state index contributed by atoms with van der Waals surface area (Å²) in [6.45, 7) is 2.18. The van der Waals surface area contributed by atoms with Gasteiger partial charge in [-0.05, 0) is 30.7 Å². The van der Waals surface area contributed by atoms with Gasteiger partial charge >= 0.3 is 5.97 Å². The third-order valence-electron chi connectivity index (χ3n) is 2.09. The molecule has 17 heavy (non-hydrogen) atoms. The van der Waals surface area contributed by atoms with Gasteiger partial charge in [-0.25, -0.2) is 4.79 Å². The van der Waals surface area contributed by atoms with Crippen LogP contribution in [0.5, 0.6) is 5.75 Å². The number of allylic oxidation sites excluding steroid dienone is 1. The van der Waals surface area contributed by atoms with Gasteiger partial charge in [-0.3, -0.25) is 0 Å². The van der Waals surface area contributed by atoms with Gasteiger partial charge in [-0.15, -0.1) is 0 Å². The molecule has 0 atom stereocenters. The quantitative estimate of drug-likeness (QED) is 0.445. The molecule has 0 bridgehead atoms. The number of esters is 1. The van der Waals surface area contributed by atoms with Crippen LogP contribution < -0.4 is 4.74 Å². The van der Waals surface area contributed by atoms with Gasteiger partial charge in [-0.2, -0.15) is 0 Å². The molecule has 0 aliphatic rings. The Bertz CT molecular complexity index is 402.